The molecule has 2 nitrogen and oxygen atoms in total. The van der Waals surface area contributed by atoms with E-state index in [0.717, 1.165) is 29.8 Å². The lowest BCUT2D eigenvalue weighted by atomic mass is 9.78. The van der Waals surface area contributed by atoms with Crippen LogP contribution in [0.4, 0.5) is 0 Å². The molecule has 2 fully saturated rings. The molecule has 0 heterocycles. The summed E-state index contributed by atoms with van der Waals surface area (Å²) >= 11 is 0. The summed E-state index contributed by atoms with van der Waals surface area (Å²) in [7, 11) is 0. The minimum atomic E-state index is 0.777. The summed E-state index contributed by atoms with van der Waals surface area (Å²) in [5.74, 6) is 2.55. The topological polar surface area (TPSA) is 15.3 Å². The summed E-state index contributed by atoms with van der Waals surface area (Å²) in [6.45, 7) is 13.1. The molecule has 112 valence electrons. The molecular weight excluding hydrogens is 232 g/mol. The highest BCUT2D eigenvalue weighted by atomic mass is 15.2. The van der Waals surface area contributed by atoms with E-state index in [4.69, 9.17) is 0 Å². The van der Waals surface area contributed by atoms with Crippen molar-refractivity contribution in [2.45, 2.75) is 71.9 Å². The van der Waals surface area contributed by atoms with Crippen LogP contribution in [0.2, 0.25) is 0 Å². The molecule has 2 saturated carbocycles. The molecule has 0 saturated heterocycles. The van der Waals surface area contributed by atoms with E-state index in [1.807, 2.05) is 0 Å². The van der Waals surface area contributed by atoms with Crippen molar-refractivity contribution < 1.29 is 0 Å². The first-order valence-electron chi connectivity index (χ1n) is 8.54. The van der Waals surface area contributed by atoms with Gasteiger partial charge in [-0.15, -0.1) is 0 Å². The van der Waals surface area contributed by atoms with Crippen LogP contribution in [0.3, 0.4) is 0 Å². The van der Waals surface area contributed by atoms with Gasteiger partial charge in [-0.25, -0.2) is 0 Å². The summed E-state index contributed by atoms with van der Waals surface area (Å²) in [6.07, 6.45) is 7.18. The van der Waals surface area contributed by atoms with Crippen molar-refractivity contribution in [3.05, 3.63) is 0 Å². The lowest BCUT2D eigenvalue weighted by Gasteiger charge is -2.45. The molecule has 2 aliphatic rings. The van der Waals surface area contributed by atoms with Crippen LogP contribution in [0.15, 0.2) is 0 Å². The number of hydrogen-bond acceptors (Lipinski definition) is 2. The molecule has 2 unspecified atom stereocenters. The number of hydrogen-bond donors (Lipinski definition) is 1. The van der Waals surface area contributed by atoms with E-state index in [-0.39, 0.29) is 0 Å². The predicted molar refractivity (Wildman–Crippen MR) is 83.4 cm³/mol. The van der Waals surface area contributed by atoms with Crippen molar-refractivity contribution in [1.82, 2.24) is 10.2 Å². The Kier molecular flexibility index (Phi) is 5.70. The fraction of sp³-hybridized carbons (Fsp3) is 1.00. The lowest BCUT2D eigenvalue weighted by Crippen LogP contribution is -2.52. The van der Waals surface area contributed by atoms with Gasteiger partial charge in [0.25, 0.3) is 0 Å². The van der Waals surface area contributed by atoms with Gasteiger partial charge in [0.15, 0.2) is 0 Å². The van der Waals surface area contributed by atoms with Gasteiger partial charge in [0.2, 0.25) is 0 Å². The van der Waals surface area contributed by atoms with E-state index < -0.39 is 0 Å². The van der Waals surface area contributed by atoms with Crippen LogP contribution in [0.25, 0.3) is 0 Å². The van der Waals surface area contributed by atoms with Gasteiger partial charge in [0, 0.05) is 12.1 Å². The molecule has 2 atom stereocenters. The van der Waals surface area contributed by atoms with E-state index in [0.29, 0.717) is 0 Å². The first kappa shape index (κ1) is 15.3. The minimum Gasteiger partial charge on any atom is -0.316 e. The molecule has 0 aromatic carbocycles. The quantitative estimate of drug-likeness (QED) is 0.687. The van der Waals surface area contributed by atoms with E-state index in [1.165, 1.54) is 51.7 Å². The maximum Gasteiger partial charge on any atom is 0.0139 e. The zero-order valence-electron chi connectivity index (χ0n) is 13.5. The molecule has 0 radical (unpaired) electrons. The Bertz CT molecular complexity index is 258. The van der Waals surface area contributed by atoms with Crippen molar-refractivity contribution in [3.63, 3.8) is 0 Å². The number of rotatable bonds is 9. The second-order valence-corrected chi connectivity index (χ2v) is 7.61. The van der Waals surface area contributed by atoms with Crippen LogP contribution in [0.5, 0.6) is 0 Å². The van der Waals surface area contributed by atoms with Gasteiger partial charge < -0.3 is 5.32 Å². The summed E-state index contributed by atoms with van der Waals surface area (Å²) in [6, 6.07) is 1.84. The van der Waals surface area contributed by atoms with E-state index >= 15 is 0 Å². The summed E-state index contributed by atoms with van der Waals surface area (Å²) in [5, 5.41) is 3.67. The van der Waals surface area contributed by atoms with Crippen molar-refractivity contribution in [2.75, 3.05) is 19.6 Å². The summed E-state index contributed by atoms with van der Waals surface area (Å²) < 4.78 is 0. The van der Waals surface area contributed by atoms with Gasteiger partial charge >= 0.3 is 0 Å². The third-order valence-corrected chi connectivity index (χ3v) is 4.74. The van der Waals surface area contributed by atoms with Gasteiger partial charge in [-0.05, 0) is 69.5 Å². The highest BCUT2D eigenvalue weighted by Gasteiger charge is 2.41. The number of nitrogens with zero attached hydrogens (tertiary/aromatic N) is 1. The lowest BCUT2D eigenvalue weighted by molar-refractivity contribution is 0.0509. The Morgan fingerprint density at radius 1 is 1.00 bits per heavy atom. The maximum atomic E-state index is 3.67. The highest BCUT2D eigenvalue weighted by molar-refractivity contribution is 4.96. The second kappa shape index (κ2) is 7.08. The average molecular weight is 266 g/mol. The molecule has 19 heavy (non-hydrogen) atoms. The molecule has 2 heteroatoms. The van der Waals surface area contributed by atoms with E-state index in [1.54, 1.807) is 0 Å². The van der Waals surface area contributed by atoms with Crippen LogP contribution >= 0.6 is 0 Å². The minimum absolute atomic E-state index is 0.777. The monoisotopic (exact) mass is 266 g/mol. The van der Waals surface area contributed by atoms with Crippen molar-refractivity contribution in [3.8, 4) is 0 Å². The predicted octanol–water partition coefficient (Wildman–Crippen LogP) is 3.52. The Labute approximate surface area is 120 Å². The SMILES string of the molecule is CC(C)CCN(C1CC1)C1CCC1CNCC(C)C. The van der Waals surface area contributed by atoms with Crippen LogP contribution in [-0.4, -0.2) is 36.6 Å². The first-order valence-corrected chi connectivity index (χ1v) is 8.54. The Morgan fingerprint density at radius 2 is 1.74 bits per heavy atom. The Hall–Kier alpha value is -0.0800. The van der Waals surface area contributed by atoms with Crippen LogP contribution in [0, 0.1) is 17.8 Å². The maximum absolute atomic E-state index is 3.67. The molecule has 0 aliphatic heterocycles. The molecule has 2 rings (SSSR count). The van der Waals surface area contributed by atoms with Crippen LogP contribution < -0.4 is 5.32 Å². The summed E-state index contributed by atoms with van der Waals surface area (Å²) in [5.41, 5.74) is 0. The molecule has 1 N–H and O–H groups in total. The summed E-state index contributed by atoms with van der Waals surface area (Å²) in [4.78, 5) is 2.87. The second-order valence-electron chi connectivity index (χ2n) is 7.61. The van der Waals surface area contributed by atoms with Crippen molar-refractivity contribution in [1.29, 1.82) is 0 Å². The third kappa shape index (κ3) is 4.75. The third-order valence-electron chi connectivity index (χ3n) is 4.74. The Morgan fingerprint density at radius 3 is 2.21 bits per heavy atom. The van der Waals surface area contributed by atoms with Gasteiger partial charge in [-0.1, -0.05) is 27.7 Å². The standard InChI is InChI=1S/C17H34N2/c1-13(2)9-10-19(16-6-7-16)17-8-5-15(17)12-18-11-14(3)4/h13-18H,5-12H2,1-4H3. The van der Waals surface area contributed by atoms with Crippen LogP contribution in [-0.2, 0) is 0 Å². The molecular formula is C17H34N2. The first-order chi connectivity index (χ1) is 9.08. The smallest absolute Gasteiger partial charge is 0.0139 e. The van der Waals surface area contributed by atoms with Crippen molar-refractivity contribution in [2.24, 2.45) is 17.8 Å². The van der Waals surface area contributed by atoms with Gasteiger partial charge in [0.05, 0.1) is 0 Å². The molecule has 2 aliphatic carbocycles. The highest BCUT2D eigenvalue weighted by Crippen LogP contribution is 2.39. The van der Waals surface area contributed by atoms with Crippen LogP contribution in [0.1, 0.15) is 59.8 Å². The zero-order chi connectivity index (χ0) is 13.8. The fourth-order valence-electron chi connectivity index (χ4n) is 3.22. The largest absolute Gasteiger partial charge is 0.316 e. The Balaban J connectivity index is 1.74. The molecule has 0 aromatic rings. The fourth-order valence-corrected chi connectivity index (χ4v) is 3.22. The van der Waals surface area contributed by atoms with E-state index in [2.05, 4.69) is 37.9 Å². The van der Waals surface area contributed by atoms with Gasteiger partial charge in [0.1, 0.15) is 0 Å². The molecule has 0 spiro atoms. The van der Waals surface area contributed by atoms with Crippen molar-refractivity contribution >= 4 is 0 Å². The van der Waals surface area contributed by atoms with E-state index in [9.17, 15) is 0 Å². The van der Waals surface area contributed by atoms with Gasteiger partial charge in [-0.2, -0.15) is 0 Å². The normalized spacial score (nSPS) is 27.3. The molecule has 0 amide bonds. The molecule has 0 bridgehead atoms. The molecule has 0 aromatic heterocycles. The van der Waals surface area contributed by atoms with Gasteiger partial charge in [-0.3, -0.25) is 4.90 Å². The number of nitrogens with one attached hydrogen (secondary N) is 1. The zero-order valence-corrected chi connectivity index (χ0v) is 13.5. The average Bonchev–Trinajstić information content (AvgIpc) is 3.11.